The van der Waals surface area contributed by atoms with E-state index in [-0.39, 0.29) is 12.6 Å². The molecule has 0 aliphatic heterocycles. The Labute approximate surface area is 132 Å². The maximum absolute atomic E-state index is 12.4. The van der Waals surface area contributed by atoms with Gasteiger partial charge < -0.3 is 5.11 Å². The normalized spacial score (nSPS) is 15.4. The van der Waals surface area contributed by atoms with E-state index in [0.717, 1.165) is 9.87 Å². The van der Waals surface area contributed by atoms with Gasteiger partial charge in [-0.2, -0.15) is 17.0 Å². The lowest BCUT2D eigenvalue weighted by Gasteiger charge is -2.31. The monoisotopic (exact) mass is 334 g/mol. The van der Waals surface area contributed by atoms with Gasteiger partial charge in [0.2, 0.25) is 0 Å². The zero-order valence-electron chi connectivity index (χ0n) is 12.8. The van der Waals surface area contributed by atoms with Gasteiger partial charge >= 0.3 is 0 Å². The Morgan fingerprint density at radius 2 is 1.71 bits per heavy atom. The van der Waals surface area contributed by atoms with Gasteiger partial charge in [0, 0.05) is 31.7 Å². The Balaban J connectivity index is 2.95. The van der Waals surface area contributed by atoms with E-state index in [2.05, 4.69) is 0 Å². The largest absolute Gasteiger partial charge is 0.392 e. The van der Waals surface area contributed by atoms with Gasteiger partial charge in [-0.05, 0) is 38.0 Å². The molecule has 1 aromatic carbocycles. The first-order chi connectivity index (χ1) is 9.64. The Morgan fingerprint density at radius 1 is 1.19 bits per heavy atom. The summed E-state index contributed by atoms with van der Waals surface area (Å²) in [5.74, 6) is 0. The van der Waals surface area contributed by atoms with Gasteiger partial charge in [0.05, 0.1) is 6.10 Å². The fourth-order valence-corrected chi connectivity index (χ4v) is 3.51. The third kappa shape index (κ3) is 5.23. The van der Waals surface area contributed by atoms with Crippen LogP contribution in [0.1, 0.15) is 19.4 Å². The van der Waals surface area contributed by atoms with Gasteiger partial charge in [0.1, 0.15) is 0 Å². The highest BCUT2D eigenvalue weighted by molar-refractivity contribution is 7.86. The second-order valence-electron chi connectivity index (χ2n) is 5.39. The third-order valence-corrected chi connectivity index (χ3v) is 5.41. The van der Waals surface area contributed by atoms with Crippen LogP contribution in [-0.2, 0) is 16.6 Å². The molecule has 0 heterocycles. The molecule has 0 aliphatic carbocycles. The summed E-state index contributed by atoms with van der Waals surface area (Å²) in [6.45, 7) is 3.47. The quantitative estimate of drug-likeness (QED) is 0.826. The van der Waals surface area contributed by atoms with Crippen LogP contribution in [0, 0.1) is 0 Å². The number of hydrogen-bond donors (Lipinski definition) is 1. The summed E-state index contributed by atoms with van der Waals surface area (Å²) in [5.41, 5.74) is 0.997. The molecule has 7 heteroatoms. The van der Waals surface area contributed by atoms with Crippen molar-refractivity contribution in [3.63, 3.8) is 0 Å². The Hall–Kier alpha value is -0.660. The van der Waals surface area contributed by atoms with Crippen LogP contribution in [0.3, 0.4) is 0 Å². The number of aliphatic hydroxyl groups is 1. The molecule has 0 radical (unpaired) electrons. The Kier molecular flexibility index (Phi) is 6.62. The molecule has 0 fully saturated rings. The predicted molar refractivity (Wildman–Crippen MR) is 85.6 cm³/mol. The van der Waals surface area contributed by atoms with E-state index in [9.17, 15) is 13.5 Å². The molecule has 0 amide bonds. The van der Waals surface area contributed by atoms with Crippen molar-refractivity contribution in [3.8, 4) is 0 Å². The molecule has 0 aliphatic rings. The molecule has 120 valence electrons. The van der Waals surface area contributed by atoms with Crippen molar-refractivity contribution < 1.29 is 13.5 Å². The smallest absolute Gasteiger partial charge is 0.281 e. The minimum absolute atomic E-state index is 0.0648. The summed E-state index contributed by atoms with van der Waals surface area (Å²) < 4.78 is 27.2. The average molecular weight is 335 g/mol. The Morgan fingerprint density at radius 3 is 2.14 bits per heavy atom. The van der Waals surface area contributed by atoms with E-state index < -0.39 is 16.3 Å². The van der Waals surface area contributed by atoms with Crippen molar-refractivity contribution in [2.24, 2.45) is 0 Å². The molecular formula is C14H23ClN2O3S. The second-order valence-corrected chi connectivity index (χ2v) is 7.92. The average Bonchev–Trinajstić information content (AvgIpc) is 2.38. The first-order valence-electron chi connectivity index (χ1n) is 6.76. The molecule has 0 spiro atoms. The van der Waals surface area contributed by atoms with Crippen LogP contribution in [0.4, 0.5) is 0 Å². The summed E-state index contributed by atoms with van der Waals surface area (Å²) in [6, 6.07) is 7.04. The molecule has 21 heavy (non-hydrogen) atoms. The van der Waals surface area contributed by atoms with E-state index in [1.807, 2.05) is 19.1 Å². The zero-order chi connectivity index (χ0) is 16.2. The van der Waals surface area contributed by atoms with E-state index >= 15 is 0 Å². The topological polar surface area (TPSA) is 60.9 Å². The summed E-state index contributed by atoms with van der Waals surface area (Å²) >= 11 is 5.85. The van der Waals surface area contributed by atoms with Gasteiger partial charge in [-0.1, -0.05) is 23.7 Å². The lowest BCUT2D eigenvalue weighted by molar-refractivity contribution is 0.147. The number of rotatable bonds is 7. The van der Waals surface area contributed by atoms with Crippen molar-refractivity contribution in [1.82, 2.24) is 8.61 Å². The SMILES string of the molecule is C[C@@H](O)CN([C@@H](C)Cc1ccc(Cl)cc1)S(=O)(=O)N(C)C. The third-order valence-electron chi connectivity index (χ3n) is 3.14. The highest BCUT2D eigenvalue weighted by Crippen LogP contribution is 2.17. The van der Waals surface area contributed by atoms with Gasteiger partial charge in [0.15, 0.2) is 0 Å². The first kappa shape index (κ1) is 18.4. The molecule has 0 bridgehead atoms. The van der Waals surface area contributed by atoms with Crippen LogP contribution >= 0.6 is 11.6 Å². The molecule has 0 saturated carbocycles. The molecule has 0 saturated heterocycles. The van der Waals surface area contributed by atoms with E-state index in [1.165, 1.54) is 18.4 Å². The van der Waals surface area contributed by atoms with Crippen LogP contribution in [0.2, 0.25) is 5.02 Å². The predicted octanol–water partition coefficient (Wildman–Crippen LogP) is 1.76. The van der Waals surface area contributed by atoms with Crippen LogP contribution in [-0.4, -0.2) is 54.9 Å². The van der Waals surface area contributed by atoms with Crippen molar-refractivity contribution in [2.75, 3.05) is 20.6 Å². The van der Waals surface area contributed by atoms with E-state index in [4.69, 9.17) is 11.6 Å². The van der Waals surface area contributed by atoms with Gasteiger partial charge in [0.25, 0.3) is 10.2 Å². The highest BCUT2D eigenvalue weighted by atomic mass is 35.5. The second kappa shape index (κ2) is 7.56. The first-order valence-corrected chi connectivity index (χ1v) is 8.54. The number of halogens is 1. The maximum atomic E-state index is 12.4. The molecule has 0 aromatic heterocycles. The van der Waals surface area contributed by atoms with Gasteiger partial charge in [-0.3, -0.25) is 0 Å². The molecule has 1 N–H and O–H groups in total. The maximum Gasteiger partial charge on any atom is 0.281 e. The minimum Gasteiger partial charge on any atom is -0.392 e. The summed E-state index contributed by atoms with van der Waals surface area (Å²) in [4.78, 5) is 0. The molecule has 2 atom stereocenters. The van der Waals surface area contributed by atoms with E-state index in [1.54, 1.807) is 19.1 Å². The van der Waals surface area contributed by atoms with Gasteiger partial charge in [-0.15, -0.1) is 0 Å². The van der Waals surface area contributed by atoms with E-state index in [0.29, 0.717) is 11.4 Å². The van der Waals surface area contributed by atoms with Gasteiger partial charge in [-0.25, -0.2) is 0 Å². The molecule has 1 rings (SSSR count). The van der Waals surface area contributed by atoms with Crippen molar-refractivity contribution in [2.45, 2.75) is 32.4 Å². The fourth-order valence-electron chi connectivity index (χ4n) is 2.04. The number of benzene rings is 1. The molecule has 5 nitrogen and oxygen atoms in total. The van der Waals surface area contributed by atoms with Crippen LogP contribution in [0.25, 0.3) is 0 Å². The standard InChI is InChI=1S/C14H23ClN2O3S/c1-11(9-13-5-7-14(15)8-6-13)17(10-12(2)18)21(19,20)16(3)4/h5-8,11-12,18H,9-10H2,1-4H3/t11-,12+/m0/s1. The summed E-state index contributed by atoms with van der Waals surface area (Å²) in [7, 11) is -0.610. The van der Waals surface area contributed by atoms with Crippen molar-refractivity contribution in [3.05, 3.63) is 34.9 Å². The number of aliphatic hydroxyl groups excluding tert-OH is 1. The minimum atomic E-state index is -3.58. The molecular weight excluding hydrogens is 312 g/mol. The summed E-state index contributed by atoms with van der Waals surface area (Å²) in [6.07, 6.45) is -0.177. The molecule has 1 aromatic rings. The Bertz CT molecular complexity index is 544. The van der Waals surface area contributed by atoms with Crippen molar-refractivity contribution >= 4 is 21.8 Å². The van der Waals surface area contributed by atoms with Crippen molar-refractivity contribution in [1.29, 1.82) is 0 Å². The lowest BCUT2D eigenvalue weighted by atomic mass is 10.1. The van der Waals surface area contributed by atoms with Crippen LogP contribution < -0.4 is 0 Å². The fraction of sp³-hybridized carbons (Fsp3) is 0.571. The van der Waals surface area contributed by atoms with Crippen LogP contribution in [0.5, 0.6) is 0 Å². The van der Waals surface area contributed by atoms with Crippen LogP contribution in [0.15, 0.2) is 24.3 Å². The lowest BCUT2D eigenvalue weighted by Crippen LogP contribution is -2.48. The zero-order valence-corrected chi connectivity index (χ0v) is 14.4. The highest BCUT2D eigenvalue weighted by Gasteiger charge is 2.30. The number of nitrogens with zero attached hydrogens (tertiary/aromatic N) is 2. The number of hydrogen-bond acceptors (Lipinski definition) is 3. The summed E-state index contributed by atoms with van der Waals surface area (Å²) in [5, 5.41) is 10.2. The molecule has 0 unspecified atom stereocenters.